The van der Waals surface area contributed by atoms with Gasteiger partial charge < -0.3 is 57.8 Å². The van der Waals surface area contributed by atoms with Gasteiger partial charge in [-0.15, -0.1) is 0 Å². The van der Waals surface area contributed by atoms with E-state index in [1.165, 1.54) is 12.5 Å². The first kappa shape index (κ1) is 64.5. The number of aliphatic hydroxyl groups is 3. The zero-order chi connectivity index (χ0) is 52.6. The first-order valence-corrected chi connectivity index (χ1v) is 26.0. The third-order valence-corrected chi connectivity index (χ3v) is 15.2. The van der Waals surface area contributed by atoms with Gasteiger partial charge in [-0.25, -0.2) is 4.79 Å². The van der Waals surface area contributed by atoms with Gasteiger partial charge in [-0.3, -0.25) is 0 Å². The van der Waals surface area contributed by atoms with Gasteiger partial charge in [-0.05, 0) is 57.5 Å². The normalized spacial score (nSPS) is 13.3. The van der Waals surface area contributed by atoms with Crippen molar-refractivity contribution in [1.29, 1.82) is 0 Å². The summed E-state index contributed by atoms with van der Waals surface area (Å²) in [7, 11) is -11.4. The van der Waals surface area contributed by atoms with Gasteiger partial charge in [0.15, 0.2) is 0 Å². The summed E-state index contributed by atoms with van der Waals surface area (Å²) in [6.07, 6.45) is -2.47. The van der Waals surface area contributed by atoms with E-state index < -0.39 is 75.3 Å². The van der Waals surface area contributed by atoms with Crippen molar-refractivity contribution in [2.24, 2.45) is 5.41 Å². The molecule has 0 heterocycles. The van der Waals surface area contributed by atoms with Crippen molar-refractivity contribution in [2.75, 3.05) is 19.8 Å². The molecule has 0 aromatic heterocycles. The zero-order valence-corrected chi connectivity index (χ0v) is 49.2. The summed E-state index contributed by atoms with van der Waals surface area (Å²) < 4.78 is 34.4. The summed E-state index contributed by atoms with van der Waals surface area (Å²) in [5.74, 6) is -0.306. The minimum absolute atomic E-state index is 0. The minimum Gasteiger partial charge on any atom is -0.790 e. The molecular weight excluding hydrogens is 1020 g/mol. The maximum absolute atomic E-state index is 13.0. The van der Waals surface area contributed by atoms with Gasteiger partial charge in [0.25, 0.3) is 0 Å². The van der Waals surface area contributed by atoms with E-state index in [9.17, 15) is 48.8 Å². The average Bonchev–Trinajstić information content (AvgIpc) is 3.33. The van der Waals surface area contributed by atoms with E-state index in [2.05, 4.69) is 163 Å². The summed E-state index contributed by atoms with van der Waals surface area (Å²) in [4.78, 5) is 50.3. The molecule has 0 spiro atoms. The molecule has 3 N–H and O–H groups in total. The van der Waals surface area contributed by atoms with Gasteiger partial charge in [0.05, 0.1) is 34.3 Å². The first-order chi connectivity index (χ1) is 33.1. The maximum Gasteiger partial charge on any atom is 2.00 e. The molecule has 0 saturated heterocycles. The van der Waals surface area contributed by atoms with Crippen molar-refractivity contribution in [1.82, 2.24) is 0 Å². The second kappa shape index (κ2) is 26.5. The molecule has 0 saturated carbocycles. The predicted octanol–water partition coefficient (Wildman–Crippen LogP) is 6.90. The molecule has 6 aromatic rings. The maximum atomic E-state index is 13.0. The Hall–Kier alpha value is -2.75. The fraction of sp³-hybridized carbons (Fsp3) is 0.339. The number of hydrogen-bond acceptors (Lipinski definition) is 13. The molecule has 73 heavy (non-hydrogen) atoms. The van der Waals surface area contributed by atoms with Crippen LogP contribution in [0.3, 0.4) is 0 Å². The summed E-state index contributed by atoms with van der Waals surface area (Å²) in [5.41, 5.74) is 5.63. The number of hydrogen-bond donors (Lipinski definition) is 3. The number of benzene rings is 6. The Balaban J connectivity index is 0.00000117. The largest absolute Gasteiger partial charge is 2.00 e. The van der Waals surface area contributed by atoms with Crippen LogP contribution in [-0.4, -0.2) is 123 Å². The van der Waals surface area contributed by atoms with Crippen LogP contribution in [-0.2, 0) is 44.6 Å². The average molecular weight is 1090 g/mol. The molecule has 380 valence electrons. The third kappa shape index (κ3) is 16.2. The van der Waals surface area contributed by atoms with Crippen LogP contribution in [0.2, 0.25) is 0 Å². The Kier molecular flexibility index (Phi) is 23.5. The second-order valence-electron chi connectivity index (χ2n) is 19.9. The molecule has 0 aliphatic heterocycles. The molecule has 0 radical (unpaired) electrons. The van der Waals surface area contributed by atoms with Crippen LogP contribution in [0.15, 0.2) is 158 Å². The van der Waals surface area contributed by atoms with Crippen molar-refractivity contribution in [3.8, 4) is 5.75 Å². The van der Waals surface area contributed by atoms with Crippen molar-refractivity contribution in [3.63, 3.8) is 0 Å². The van der Waals surface area contributed by atoms with Crippen LogP contribution in [0, 0.1) is 5.41 Å². The number of carbonyl (C=O) groups excluding carboxylic acids is 1. The van der Waals surface area contributed by atoms with Gasteiger partial charge >= 0.3 is 81.4 Å². The quantitative estimate of drug-likeness (QED) is 0.0426. The Morgan fingerprint density at radius 1 is 0.521 bits per heavy atom. The number of carbonyl (C=O) groups is 1. The number of phosphoric acid groups is 2. The van der Waals surface area contributed by atoms with E-state index in [1.807, 2.05) is 54.6 Å². The molecule has 0 fully saturated rings. The first-order valence-electron chi connectivity index (χ1n) is 23.1. The van der Waals surface area contributed by atoms with E-state index >= 15 is 0 Å². The minimum atomic E-state index is -5.68. The second-order valence-corrected chi connectivity index (χ2v) is 22.4. The van der Waals surface area contributed by atoms with E-state index in [4.69, 9.17) is 9.47 Å². The van der Waals surface area contributed by atoms with Crippen LogP contribution < -0.4 is 24.3 Å². The van der Waals surface area contributed by atoms with Crippen LogP contribution in [0.4, 0.5) is 0 Å². The van der Waals surface area contributed by atoms with Crippen LogP contribution in [0.5, 0.6) is 5.75 Å². The van der Waals surface area contributed by atoms with E-state index in [-0.39, 0.29) is 80.9 Å². The fourth-order valence-corrected chi connectivity index (χ4v) is 9.75. The molecule has 13 nitrogen and oxygen atoms in total. The Morgan fingerprint density at radius 2 is 0.863 bits per heavy atom. The molecule has 6 aromatic carbocycles. The van der Waals surface area contributed by atoms with E-state index in [1.54, 1.807) is 0 Å². The predicted molar refractivity (Wildman–Crippen MR) is 278 cm³/mol. The molecule has 0 bridgehead atoms. The van der Waals surface area contributed by atoms with Gasteiger partial charge in [-0.1, -0.05) is 207 Å². The van der Waals surface area contributed by atoms with Crippen molar-refractivity contribution in [2.45, 2.75) is 96.2 Å². The monoisotopic (exact) mass is 1090 g/mol. The summed E-state index contributed by atoms with van der Waals surface area (Å²) >= 11 is 0. The number of rotatable bonds is 19. The van der Waals surface area contributed by atoms with E-state index in [0.717, 1.165) is 44.5 Å². The number of ether oxygens (including phenoxy) is 2. The summed E-state index contributed by atoms with van der Waals surface area (Å²) in [6.45, 7) is 17.3. The molecule has 2 atom stereocenters. The van der Waals surface area contributed by atoms with Gasteiger partial charge in [0.2, 0.25) is 0 Å². The SMILES string of the molecule is CC(O)C(=O)OCC(CO)(CO)C(Oc1ccc(C(C)(C)c2ccccc2)cc1C(C)(C)c1ccccc1)c1ccc(C(C)(C)c2ccccc2)cc1C(C)(C)c1ccccc1.O=P([O-])([O-])OP(=O)([O-])[O-].[Ca+2].[Ca+2]. The summed E-state index contributed by atoms with van der Waals surface area (Å²) in [5, 5.41) is 33.4. The molecule has 0 aliphatic carbocycles. The Bertz CT molecular complexity index is 2770. The topological polar surface area (TPSA) is 232 Å². The van der Waals surface area contributed by atoms with Crippen LogP contribution in [0.1, 0.15) is 118 Å². The Labute approximate surface area is 489 Å². The van der Waals surface area contributed by atoms with Gasteiger partial charge in [0.1, 0.15) is 24.6 Å². The van der Waals surface area contributed by atoms with Gasteiger partial charge in [0, 0.05) is 27.2 Å². The molecule has 17 heteroatoms. The Morgan fingerprint density at radius 3 is 1.21 bits per heavy atom. The smallest absolute Gasteiger partial charge is 0.790 e. The van der Waals surface area contributed by atoms with E-state index in [0.29, 0.717) is 5.75 Å². The van der Waals surface area contributed by atoms with Crippen molar-refractivity contribution in [3.05, 3.63) is 208 Å². The zero-order valence-electron chi connectivity index (χ0n) is 43.0. The standard InChI is InChI=1S/C56H64O6.2Ca.H4O7P2/c1-39(59)51(60)61-38-56(36-57,37-58)50(46-32-30-44(52(2,3)40-22-14-10-15-23-40)34-47(46)54(6,7)42-26-18-12-19-27-42)62-49-33-31-45(53(4,5)41-24-16-11-17-25-41)35-48(49)55(8,9)43-28-20-13-21-29-43;;;1-8(2,3)7-9(4,5)6/h10-35,39,50,57-59H,36-38H2,1-9H3;;;(H2,1,2,3)(H2,4,5,6)/q;2*+2;/p-4. The van der Waals surface area contributed by atoms with Crippen LogP contribution in [0.25, 0.3) is 0 Å². The van der Waals surface area contributed by atoms with Crippen LogP contribution >= 0.6 is 15.6 Å². The van der Waals surface area contributed by atoms with Gasteiger partial charge in [-0.2, -0.15) is 0 Å². The van der Waals surface area contributed by atoms with Crippen molar-refractivity contribution < 1.29 is 62.6 Å². The summed E-state index contributed by atoms with van der Waals surface area (Å²) in [6, 6.07) is 54.1. The van der Waals surface area contributed by atoms with Crippen molar-refractivity contribution >= 4 is 97.1 Å². The molecule has 6 rings (SSSR count). The molecule has 0 amide bonds. The molecule has 2 unspecified atom stereocenters. The molecular formula is C56H64Ca2O13P2. The fourth-order valence-electron chi connectivity index (χ4n) is 8.77. The third-order valence-electron chi connectivity index (χ3n) is 13.6. The molecule has 0 aliphatic rings. The number of aliphatic hydroxyl groups excluding tert-OH is 3. The number of esters is 1.